The highest BCUT2D eigenvalue weighted by Gasteiger charge is 2.22. The van der Waals surface area contributed by atoms with Crippen LogP contribution in [0.2, 0.25) is 0 Å². The molecule has 4 nitrogen and oxygen atoms in total. The molecule has 1 saturated carbocycles. The first-order valence-corrected chi connectivity index (χ1v) is 6.82. The standard InChI is InChI=1S/C15H18FNO3/c1-10(15(19)17-12-4-2-3-5-12)20-14-7-6-11(9-18)8-13(14)16/h6-10,12H,2-5H2,1H3,(H,17,19). The number of hydrogen-bond donors (Lipinski definition) is 1. The largest absolute Gasteiger partial charge is 0.478 e. The maximum Gasteiger partial charge on any atom is 0.260 e. The topological polar surface area (TPSA) is 55.4 Å². The lowest BCUT2D eigenvalue weighted by atomic mass is 10.2. The summed E-state index contributed by atoms with van der Waals surface area (Å²) in [6.07, 6.45) is 4.02. The maximum absolute atomic E-state index is 13.7. The minimum Gasteiger partial charge on any atom is -0.478 e. The molecule has 1 amide bonds. The van der Waals surface area contributed by atoms with Gasteiger partial charge in [0.05, 0.1) is 0 Å². The lowest BCUT2D eigenvalue weighted by Gasteiger charge is -2.18. The summed E-state index contributed by atoms with van der Waals surface area (Å²) in [4.78, 5) is 22.4. The molecule has 0 heterocycles. The summed E-state index contributed by atoms with van der Waals surface area (Å²) in [7, 11) is 0. The number of aldehydes is 1. The third-order valence-corrected chi connectivity index (χ3v) is 3.47. The Morgan fingerprint density at radius 2 is 2.15 bits per heavy atom. The molecule has 0 radical (unpaired) electrons. The number of benzene rings is 1. The molecule has 1 aromatic rings. The van der Waals surface area contributed by atoms with Crippen molar-refractivity contribution in [1.82, 2.24) is 5.32 Å². The van der Waals surface area contributed by atoms with Crippen LogP contribution in [0.5, 0.6) is 5.75 Å². The number of halogens is 1. The summed E-state index contributed by atoms with van der Waals surface area (Å²) >= 11 is 0. The summed E-state index contributed by atoms with van der Waals surface area (Å²) in [5.41, 5.74) is 0.234. The Balaban J connectivity index is 1.94. The zero-order valence-electron chi connectivity index (χ0n) is 11.4. The number of carbonyl (C=O) groups is 2. The molecule has 1 N–H and O–H groups in total. The molecule has 1 aliphatic carbocycles. The van der Waals surface area contributed by atoms with E-state index in [4.69, 9.17) is 4.74 Å². The van der Waals surface area contributed by atoms with Crippen molar-refractivity contribution in [1.29, 1.82) is 0 Å². The highest BCUT2D eigenvalue weighted by molar-refractivity contribution is 5.81. The molecule has 20 heavy (non-hydrogen) atoms. The first-order chi connectivity index (χ1) is 9.60. The molecule has 0 bridgehead atoms. The zero-order chi connectivity index (χ0) is 14.5. The van der Waals surface area contributed by atoms with E-state index >= 15 is 0 Å². The average Bonchev–Trinajstić information content (AvgIpc) is 2.93. The van der Waals surface area contributed by atoms with Crippen molar-refractivity contribution in [3.05, 3.63) is 29.6 Å². The highest BCUT2D eigenvalue weighted by Crippen LogP contribution is 2.20. The highest BCUT2D eigenvalue weighted by atomic mass is 19.1. The Morgan fingerprint density at radius 1 is 1.45 bits per heavy atom. The van der Waals surface area contributed by atoms with Gasteiger partial charge in [-0.05, 0) is 38.0 Å². The molecule has 2 rings (SSSR count). The van der Waals surface area contributed by atoms with Gasteiger partial charge in [-0.15, -0.1) is 0 Å². The second-order valence-electron chi connectivity index (χ2n) is 5.06. The predicted molar refractivity (Wildman–Crippen MR) is 72.3 cm³/mol. The first kappa shape index (κ1) is 14.5. The van der Waals surface area contributed by atoms with Crippen LogP contribution in [0.15, 0.2) is 18.2 Å². The average molecular weight is 279 g/mol. The van der Waals surface area contributed by atoms with Crippen LogP contribution >= 0.6 is 0 Å². The van der Waals surface area contributed by atoms with Gasteiger partial charge in [0, 0.05) is 11.6 Å². The lowest BCUT2D eigenvalue weighted by Crippen LogP contribution is -2.41. The molecule has 1 unspecified atom stereocenters. The van der Waals surface area contributed by atoms with Crippen LogP contribution in [0.4, 0.5) is 4.39 Å². The monoisotopic (exact) mass is 279 g/mol. The maximum atomic E-state index is 13.7. The number of nitrogens with one attached hydrogen (secondary N) is 1. The molecule has 1 atom stereocenters. The van der Waals surface area contributed by atoms with Gasteiger partial charge in [-0.1, -0.05) is 12.8 Å². The summed E-state index contributed by atoms with van der Waals surface area (Å²) in [6, 6.07) is 4.10. The summed E-state index contributed by atoms with van der Waals surface area (Å²) in [5.74, 6) is -0.907. The molecule has 0 saturated heterocycles. The van der Waals surface area contributed by atoms with Crippen molar-refractivity contribution >= 4 is 12.2 Å². The van der Waals surface area contributed by atoms with Gasteiger partial charge >= 0.3 is 0 Å². The quantitative estimate of drug-likeness (QED) is 0.842. The lowest BCUT2D eigenvalue weighted by molar-refractivity contribution is -0.128. The van der Waals surface area contributed by atoms with E-state index in [0.717, 1.165) is 31.7 Å². The second-order valence-corrected chi connectivity index (χ2v) is 5.06. The number of hydrogen-bond acceptors (Lipinski definition) is 3. The molecule has 0 aromatic heterocycles. The van der Waals surface area contributed by atoms with Crippen LogP contribution < -0.4 is 10.1 Å². The second kappa shape index (κ2) is 6.50. The van der Waals surface area contributed by atoms with E-state index in [2.05, 4.69) is 5.32 Å². The summed E-state index contributed by atoms with van der Waals surface area (Å²) in [6.45, 7) is 1.58. The number of amides is 1. The smallest absolute Gasteiger partial charge is 0.260 e. The van der Waals surface area contributed by atoms with E-state index in [-0.39, 0.29) is 23.3 Å². The van der Waals surface area contributed by atoms with E-state index in [1.165, 1.54) is 12.1 Å². The van der Waals surface area contributed by atoms with Gasteiger partial charge in [0.2, 0.25) is 0 Å². The Hall–Kier alpha value is -1.91. The Kier molecular flexibility index (Phi) is 4.71. The van der Waals surface area contributed by atoms with Gasteiger partial charge in [-0.2, -0.15) is 0 Å². The van der Waals surface area contributed by atoms with E-state index in [9.17, 15) is 14.0 Å². The zero-order valence-corrected chi connectivity index (χ0v) is 11.4. The van der Waals surface area contributed by atoms with Crippen LogP contribution in [0.25, 0.3) is 0 Å². The van der Waals surface area contributed by atoms with Crippen molar-refractivity contribution in [2.24, 2.45) is 0 Å². The summed E-state index contributed by atoms with van der Waals surface area (Å²) < 4.78 is 19.0. The van der Waals surface area contributed by atoms with Crippen LogP contribution in [-0.4, -0.2) is 24.3 Å². The first-order valence-electron chi connectivity index (χ1n) is 6.82. The normalized spacial score (nSPS) is 16.7. The molecule has 1 aromatic carbocycles. The molecule has 108 valence electrons. The molecule has 0 aliphatic heterocycles. The fraction of sp³-hybridized carbons (Fsp3) is 0.467. The minimum atomic E-state index is -0.771. The number of ether oxygens (including phenoxy) is 1. The van der Waals surface area contributed by atoms with Gasteiger partial charge in [0.15, 0.2) is 17.7 Å². The van der Waals surface area contributed by atoms with Gasteiger partial charge in [0.1, 0.15) is 6.29 Å². The minimum absolute atomic E-state index is 0.0235. The van der Waals surface area contributed by atoms with Crippen molar-refractivity contribution < 1.29 is 18.7 Å². The third-order valence-electron chi connectivity index (χ3n) is 3.47. The summed E-state index contributed by atoms with van der Waals surface area (Å²) in [5, 5.41) is 2.90. The number of carbonyl (C=O) groups excluding carboxylic acids is 2. The molecular formula is C15H18FNO3. The SMILES string of the molecule is CC(Oc1ccc(C=O)cc1F)C(=O)NC1CCCC1. The Bertz CT molecular complexity index is 498. The van der Waals surface area contributed by atoms with Gasteiger partial charge < -0.3 is 10.1 Å². The van der Waals surface area contributed by atoms with Gasteiger partial charge in [-0.25, -0.2) is 4.39 Å². The molecular weight excluding hydrogens is 261 g/mol. The van der Waals surface area contributed by atoms with Crippen molar-refractivity contribution in [3.63, 3.8) is 0 Å². The van der Waals surface area contributed by atoms with E-state index in [1.54, 1.807) is 6.92 Å². The Morgan fingerprint density at radius 3 is 2.75 bits per heavy atom. The van der Waals surface area contributed by atoms with Crippen LogP contribution in [0, 0.1) is 5.82 Å². The molecule has 0 spiro atoms. The molecule has 5 heteroatoms. The van der Waals surface area contributed by atoms with Crippen LogP contribution in [-0.2, 0) is 4.79 Å². The fourth-order valence-electron chi connectivity index (χ4n) is 2.32. The third kappa shape index (κ3) is 3.56. The van der Waals surface area contributed by atoms with E-state index in [1.807, 2.05) is 0 Å². The molecule has 1 fully saturated rings. The van der Waals surface area contributed by atoms with Crippen molar-refractivity contribution in [2.45, 2.75) is 44.8 Å². The van der Waals surface area contributed by atoms with Crippen LogP contribution in [0.1, 0.15) is 43.0 Å². The van der Waals surface area contributed by atoms with Crippen molar-refractivity contribution in [3.8, 4) is 5.75 Å². The van der Waals surface area contributed by atoms with Gasteiger partial charge in [-0.3, -0.25) is 9.59 Å². The van der Waals surface area contributed by atoms with E-state index in [0.29, 0.717) is 6.29 Å². The molecule has 1 aliphatic rings. The number of rotatable bonds is 5. The van der Waals surface area contributed by atoms with Gasteiger partial charge in [0.25, 0.3) is 5.91 Å². The van der Waals surface area contributed by atoms with E-state index < -0.39 is 11.9 Å². The fourth-order valence-corrected chi connectivity index (χ4v) is 2.32. The van der Waals surface area contributed by atoms with Crippen molar-refractivity contribution in [2.75, 3.05) is 0 Å². The van der Waals surface area contributed by atoms with Crippen LogP contribution in [0.3, 0.4) is 0 Å². The Labute approximate surface area is 117 Å². The predicted octanol–water partition coefficient (Wildman–Crippen LogP) is 2.46.